The standard InChI is InChI=1S/C5H10O2.CH4.Zn/c1-5(2,3)4(6)7;;/h1-3H3,(H,6,7);1H4;. The summed E-state index contributed by atoms with van der Waals surface area (Å²) in [5.74, 6) is -0.757. The molecular formula is C6H14O2Zn. The third kappa shape index (κ3) is 8.09. The van der Waals surface area contributed by atoms with Gasteiger partial charge in [0, 0.05) is 19.5 Å². The van der Waals surface area contributed by atoms with Crippen LogP contribution in [0.15, 0.2) is 0 Å². The monoisotopic (exact) mass is 182 g/mol. The van der Waals surface area contributed by atoms with Crippen molar-refractivity contribution in [2.75, 3.05) is 0 Å². The van der Waals surface area contributed by atoms with E-state index in [4.69, 9.17) is 5.11 Å². The zero-order valence-corrected chi connectivity index (χ0v) is 8.53. The van der Waals surface area contributed by atoms with Crippen molar-refractivity contribution in [2.45, 2.75) is 28.2 Å². The van der Waals surface area contributed by atoms with Gasteiger partial charge in [-0.05, 0) is 20.8 Å². The van der Waals surface area contributed by atoms with Crippen LogP contribution in [0.4, 0.5) is 0 Å². The van der Waals surface area contributed by atoms with Gasteiger partial charge in [-0.25, -0.2) is 0 Å². The molecular weight excluding hydrogens is 169 g/mol. The Balaban J connectivity index is -0.000000180. The van der Waals surface area contributed by atoms with Crippen molar-refractivity contribution < 1.29 is 29.4 Å². The maximum atomic E-state index is 10.0. The fourth-order valence-corrected chi connectivity index (χ4v) is 0. The van der Waals surface area contributed by atoms with Gasteiger partial charge in [-0.2, -0.15) is 0 Å². The van der Waals surface area contributed by atoms with Crippen LogP contribution in [0.2, 0.25) is 0 Å². The van der Waals surface area contributed by atoms with Crippen molar-refractivity contribution in [3.8, 4) is 0 Å². The molecule has 0 saturated carbocycles. The molecule has 52 valence electrons. The van der Waals surface area contributed by atoms with Crippen LogP contribution in [0.3, 0.4) is 0 Å². The van der Waals surface area contributed by atoms with Gasteiger partial charge in [0.1, 0.15) is 0 Å². The molecule has 0 amide bonds. The predicted octanol–water partition coefficient (Wildman–Crippen LogP) is 1.75. The third-order valence-corrected chi connectivity index (χ3v) is 0.642. The van der Waals surface area contributed by atoms with Gasteiger partial charge in [-0.3, -0.25) is 4.79 Å². The Bertz CT molecular complexity index is 83.5. The number of aliphatic carboxylic acids is 1. The Hall–Kier alpha value is 0.0934. The molecule has 0 saturated heterocycles. The fourth-order valence-electron chi connectivity index (χ4n) is 0. The Labute approximate surface area is 69.4 Å². The summed E-state index contributed by atoms with van der Waals surface area (Å²) in [6, 6.07) is 0. The summed E-state index contributed by atoms with van der Waals surface area (Å²) >= 11 is 0. The van der Waals surface area contributed by atoms with Crippen LogP contribution in [-0.2, 0) is 24.3 Å². The molecule has 0 fully saturated rings. The first kappa shape index (κ1) is 16.0. The average Bonchev–Trinajstić information content (AvgIpc) is 1.31. The van der Waals surface area contributed by atoms with E-state index in [9.17, 15) is 4.79 Å². The minimum atomic E-state index is -0.757. The van der Waals surface area contributed by atoms with Gasteiger partial charge in [0.05, 0.1) is 5.41 Å². The van der Waals surface area contributed by atoms with E-state index in [2.05, 4.69) is 0 Å². The molecule has 0 aliphatic rings. The summed E-state index contributed by atoms with van der Waals surface area (Å²) in [5.41, 5.74) is -0.583. The van der Waals surface area contributed by atoms with Gasteiger partial charge in [-0.15, -0.1) is 0 Å². The SMILES string of the molecule is C.CC(C)(C)C(=O)O.[Zn]. The largest absolute Gasteiger partial charge is 0.481 e. The molecule has 0 aliphatic heterocycles. The van der Waals surface area contributed by atoms with E-state index in [0.29, 0.717) is 0 Å². The second-order valence-corrected chi connectivity index (χ2v) is 2.56. The van der Waals surface area contributed by atoms with Gasteiger partial charge in [0.15, 0.2) is 0 Å². The number of carboxylic acid groups (broad SMARTS) is 1. The summed E-state index contributed by atoms with van der Waals surface area (Å²) < 4.78 is 0. The summed E-state index contributed by atoms with van der Waals surface area (Å²) in [5, 5.41) is 8.25. The van der Waals surface area contributed by atoms with E-state index in [0.717, 1.165) is 0 Å². The number of carbonyl (C=O) groups is 1. The van der Waals surface area contributed by atoms with Crippen molar-refractivity contribution in [1.82, 2.24) is 0 Å². The number of carboxylic acids is 1. The third-order valence-electron chi connectivity index (χ3n) is 0.642. The Morgan fingerprint density at radius 1 is 1.33 bits per heavy atom. The minimum Gasteiger partial charge on any atom is -0.481 e. The second kappa shape index (κ2) is 4.92. The molecule has 9 heavy (non-hydrogen) atoms. The van der Waals surface area contributed by atoms with Crippen molar-refractivity contribution in [3.05, 3.63) is 0 Å². The van der Waals surface area contributed by atoms with E-state index in [1.54, 1.807) is 20.8 Å². The van der Waals surface area contributed by atoms with Crippen molar-refractivity contribution in [2.24, 2.45) is 5.41 Å². The summed E-state index contributed by atoms with van der Waals surface area (Å²) in [6.07, 6.45) is 0. The minimum absolute atomic E-state index is 0. The first-order valence-corrected chi connectivity index (χ1v) is 2.18. The molecule has 0 unspecified atom stereocenters. The summed E-state index contributed by atoms with van der Waals surface area (Å²) in [6.45, 7) is 4.99. The molecule has 3 heteroatoms. The maximum absolute atomic E-state index is 10.0. The molecule has 0 atom stereocenters. The Morgan fingerprint density at radius 3 is 1.44 bits per heavy atom. The number of hydrogen-bond acceptors (Lipinski definition) is 1. The Kier molecular flexibility index (Phi) is 8.78. The fraction of sp³-hybridized carbons (Fsp3) is 0.833. The van der Waals surface area contributed by atoms with Crippen LogP contribution in [0.25, 0.3) is 0 Å². The van der Waals surface area contributed by atoms with Crippen LogP contribution >= 0.6 is 0 Å². The van der Waals surface area contributed by atoms with Gasteiger partial charge < -0.3 is 5.11 Å². The molecule has 0 aromatic carbocycles. The molecule has 0 heterocycles. The van der Waals surface area contributed by atoms with Gasteiger partial charge >= 0.3 is 5.97 Å². The predicted molar refractivity (Wildman–Crippen MR) is 33.8 cm³/mol. The van der Waals surface area contributed by atoms with Crippen LogP contribution in [0.1, 0.15) is 28.2 Å². The first-order valence-electron chi connectivity index (χ1n) is 2.18. The van der Waals surface area contributed by atoms with E-state index in [1.807, 2.05) is 0 Å². The van der Waals surface area contributed by atoms with Gasteiger partial charge in [-0.1, -0.05) is 7.43 Å². The zero-order chi connectivity index (χ0) is 6.08. The zero-order valence-electron chi connectivity index (χ0n) is 5.56. The van der Waals surface area contributed by atoms with Crippen LogP contribution in [0, 0.1) is 5.41 Å². The smallest absolute Gasteiger partial charge is 0.308 e. The van der Waals surface area contributed by atoms with Crippen molar-refractivity contribution in [1.29, 1.82) is 0 Å². The number of rotatable bonds is 0. The molecule has 1 N–H and O–H groups in total. The van der Waals surface area contributed by atoms with E-state index >= 15 is 0 Å². The first-order chi connectivity index (χ1) is 2.94. The molecule has 0 aromatic rings. The number of hydrogen-bond donors (Lipinski definition) is 1. The molecule has 0 radical (unpaired) electrons. The van der Waals surface area contributed by atoms with Crippen LogP contribution in [0.5, 0.6) is 0 Å². The van der Waals surface area contributed by atoms with E-state index in [1.165, 1.54) is 0 Å². The van der Waals surface area contributed by atoms with E-state index in [-0.39, 0.29) is 26.9 Å². The summed E-state index contributed by atoms with van der Waals surface area (Å²) in [7, 11) is 0. The average molecular weight is 184 g/mol. The Morgan fingerprint density at radius 2 is 1.44 bits per heavy atom. The normalized spacial score (nSPS) is 8.78. The quantitative estimate of drug-likeness (QED) is 0.581. The maximum Gasteiger partial charge on any atom is 0.308 e. The van der Waals surface area contributed by atoms with Crippen LogP contribution < -0.4 is 0 Å². The topological polar surface area (TPSA) is 37.3 Å². The van der Waals surface area contributed by atoms with E-state index < -0.39 is 11.4 Å². The van der Waals surface area contributed by atoms with Crippen molar-refractivity contribution >= 4 is 5.97 Å². The molecule has 2 nitrogen and oxygen atoms in total. The van der Waals surface area contributed by atoms with Crippen molar-refractivity contribution in [3.63, 3.8) is 0 Å². The molecule has 0 rings (SSSR count). The second-order valence-electron chi connectivity index (χ2n) is 2.56. The molecule has 0 bridgehead atoms. The van der Waals surface area contributed by atoms with Gasteiger partial charge in [0.25, 0.3) is 0 Å². The van der Waals surface area contributed by atoms with Crippen LogP contribution in [-0.4, -0.2) is 11.1 Å². The van der Waals surface area contributed by atoms with Gasteiger partial charge in [0.2, 0.25) is 0 Å². The molecule has 0 aromatic heterocycles. The molecule has 0 spiro atoms. The summed E-state index contributed by atoms with van der Waals surface area (Å²) in [4.78, 5) is 10.0. The molecule has 0 aliphatic carbocycles.